The van der Waals surface area contributed by atoms with Gasteiger partial charge in [0.15, 0.2) is 0 Å². The minimum absolute atomic E-state index is 0.0999. The van der Waals surface area contributed by atoms with Crippen LogP contribution in [0.15, 0.2) is 0 Å². The van der Waals surface area contributed by atoms with Crippen LogP contribution in [0.4, 0.5) is 0 Å². The molecule has 1 unspecified atom stereocenters. The Labute approximate surface area is 118 Å². The number of hydrogen-bond acceptors (Lipinski definition) is 2. The lowest BCUT2D eigenvalue weighted by atomic mass is 10.1. The Morgan fingerprint density at radius 2 is 2.05 bits per heavy atom. The Hall–Kier alpha value is -1.78. The summed E-state index contributed by atoms with van der Waals surface area (Å²) >= 11 is 0. The molecule has 1 aromatic rings. The van der Waals surface area contributed by atoms with Crippen molar-refractivity contribution in [3.8, 4) is 0 Å². The van der Waals surface area contributed by atoms with Gasteiger partial charge in [-0.15, -0.1) is 0 Å². The molecule has 0 aliphatic heterocycles. The van der Waals surface area contributed by atoms with Crippen LogP contribution in [0.5, 0.6) is 0 Å². The first-order chi connectivity index (χ1) is 9.43. The summed E-state index contributed by atoms with van der Waals surface area (Å²) in [5.41, 5.74) is 1.69. The minimum Gasteiger partial charge on any atom is -0.477 e. The second kappa shape index (κ2) is 5.69. The maximum absolute atomic E-state index is 12.4. The summed E-state index contributed by atoms with van der Waals surface area (Å²) in [5, 5.41) is 12.1. The first-order valence-corrected chi connectivity index (χ1v) is 7.17. The van der Waals surface area contributed by atoms with E-state index in [1.165, 1.54) is 12.8 Å². The fourth-order valence-electron chi connectivity index (χ4n) is 2.65. The number of aromatic nitrogens is 1. The van der Waals surface area contributed by atoms with Crippen LogP contribution in [-0.2, 0) is 0 Å². The second-order valence-corrected chi connectivity index (χ2v) is 5.69. The van der Waals surface area contributed by atoms with Gasteiger partial charge in [0.05, 0.1) is 5.56 Å². The normalized spacial score (nSPS) is 15.9. The van der Waals surface area contributed by atoms with Gasteiger partial charge in [-0.3, -0.25) is 4.79 Å². The molecular formula is C15H22N2O3. The average Bonchev–Trinajstić information content (AvgIpc) is 3.13. The Balaban J connectivity index is 2.13. The predicted molar refractivity (Wildman–Crippen MR) is 76.1 cm³/mol. The summed E-state index contributed by atoms with van der Waals surface area (Å²) in [4.78, 5) is 26.2. The van der Waals surface area contributed by atoms with Gasteiger partial charge in [0, 0.05) is 11.7 Å². The minimum atomic E-state index is -1.03. The van der Waals surface area contributed by atoms with Crippen molar-refractivity contribution in [3.05, 3.63) is 22.5 Å². The molecule has 0 bridgehead atoms. The van der Waals surface area contributed by atoms with Gasteiger partial charge in [0.2, 0.25) is 0 Å². The van der Waals surface area contributed by atoms with Crippen LogP contribution in [0.25, 0.3) is 0 Å². The standard InChI is InChI=1S/C15H22N2O3/c1-4-11(7-10-5-6-10)17-14(18)12-8(2)13(15(19)20)16-9(12)3/h10-11,16H,4-7H2,1-3H3,(H,17,18)(H,19,20). The highest BCUT2D eigenvalue weighted by molar-refractivity contribution is 6.00. The third-order valence-electron chi connectivity index (χ3n) is 4.02. The SMILES string of the molecule is CCC(CC1CC1)NC(=O)c1c(C)[nH]c(C(=O)O)c1C. The van der Waals surface area contributed by atoms with E-state index < -0.39 is 5.97 Å². The van der Waals surface area contributed by atoms with Gasteiger partial charge in [-0.2, -0.15) is 0 Å². The van der Waals surface area contributed by atoms with E-state index in [1.54, 1.807) is 13.8 Å². The average molecular weight is 278 g/mol. The molecule has 20 heavy (non-hydrogen) atoms. The molecule has 0 aromatic carbocycles. The molecule has 5 heteroatoms. The fraction of sp³-hybridized carbons (Fsp3) is 0.600. The van der Waals surface area contributed by atoms with Gasteiger partial charge in [-0.05, 0) is 38.2 Å². The number of carbonyl (C=O) groups is 2. The Morgan fingerprint density at radius 1 is 1.40 bits per heavy atom. The summed E-state index contributed by atoms with van der Waals surface area (Å²) in [6, 6.07) is 0.178. The molecule has 1 aliphatic rings. The zero-order valence-electron chi connectivity index (χ0n) is 12.2. The molecule has 2 rings (SSSR count). The van der Waals surface area contributed by atoms with Crippen LogP contribution in [0.1, 0.15) is 64.7 Å². The van der Waals surface area contributed by atoms with Gasteiger partial charge < -0.3 is 15.4 Å². The quantitative estimate of drug-likeness (QED) is 0.748. The maximum atomic E-state index is 12.4. The van der Waals surface area contributed by atoms with Crippen molar-refractivity contribution < 1.29 is 14.7 Å². The van der Waals surface area contributed by atoms with E-state index >= 15 is 0 Å². The monoisotopic (exact) mass is 278 g/mol. The second-order valence-electron chi connectivity index (χ2n) is 5.69. The summed E-state index contributed by atoms with van der Waals surface area (Å²) < 4.78 is 0. The van der Waals surface area contributed by atoms with Crippen molar-refractivity contribution in [2.45, 2.75) is 52.5 Å². The molecule has 1 atom stereocenters. The molecule has 5 nitrogen and oxygen atoms in total. The lowest BCUT2D eigenvalue weighted by Gasteiger charge is -2.17. The van der Waals surface area contributed by atoms with Crippen LogP contribution in [0.3, 0.4) is 0 Å². The van der Waals surface area contributed by atoms with Crippen molar-refractivity contribution in [2.24, 2.45) is 5.92 Å². The predicted octanol–water partition coefficient (Wildman–Crippen LogP) is 2.64. The summed E-state index contributed by atoms with van der Waals surface area (Å²) in [6.07, 6.45) is 4.45. The third kappa shape index (κ3) is 3.03. The highest BCUT2D eigenvalue weighted by Gasteiger charge is 2.27. The van der Waals surface area contributed by atoms with Crippen LogP contribution >= 0.6 is 0 Å². The maximum Gasteiger partial charge on any atom is 0.352 e. The number of aromatic amines is 1. The van der Waals surface area contributed by atoms with E-state index in [0.717, 1.165) is 18.8 Å². The van der Waals surface area contributed by atoms with Gasteiger partial charge in [-0.1, -0.05) is 19.8 Å². The molecule has 1 fully saturated rings. The van der Waals surface area contributed by atoms with Crippen LogP contribution in [0.2, 0.25) is 0 Å². The number of aromatic carboxylic acids is 1. The smallest absolute Gasteiger partial charge is 0.352 e. The van der Waals surface area contributed by atoms with Crippen molar-refractivity contribution in [1.29, 1.82) is 0 Å². The molecule has 0 saturated heterocycles. The largest absolute Gasteiger partial charge is 0.477 e. The Kier molecular flexibility index (Phi) is 4.16. The van der Waals surface area contributed by atoms with Crippen molar-refractivity contribution >= 4 is 11.9 Å². The summed E-state index contributed by atoms with van der Waals surface area (Å²) in [5.74, 6) is -0.450. The Bertz CT molecular complexity index is 529. The van der Waals surface area contributed by atoms with Crippen LogP contribution in [-0.4, -0.2) is 28.0 Å². The van der Waals surface area contributed by atoms with E-state index in [1.807, 2.05) is 0 Å². The number of carboxylic acid groups (broad SMARTS) is 1. The molecule has 1 amide bonds. The molecular weight excluding hydrogens is 256 g/mol. The topological polar surface area (TPSA) is 82.2 Å². The van der Waals surface area contributed by atoms with Gasteiger partial charge >= 0.3 is 5.97 Å². The van der Waals surface area contributed by atoms with E-state index in [0.29, 0.717) is 16.8 Å². The first-order valence-electron chi connectivity index (χ1n) is 7.17. The zero-order valence-corrected chi connectivity index (χ0v) is 12.2. The third-order valence-corrected chi connectivity index (χ3v) is 4.02. The van der Waals surface area contributed by atoms with Crippen molar-refractivity contribution in [1.82, 2.24) is 10.3 Å². The number of nitrogens with one attached hydrogen (secondary N) is 2. The fourth-order valence-corrected chi connectivity index (χ4v) is 2.65. The van der Waals surface area contributed by atoms with Crippen LogP contribution < -0.4 is 5.32 Å². The number of rotatable bonds is 6. The molecule has 3 N–H and O–H groups in total. The molecule has 0 spiro atoms. The molecule has 1 aromatic heterocycles. The number of H-pyrrole nitrogens is 1. The van der Waals surface area contributed by atoms with E-state index in [9.17, 15) is 9.59 Å². The number of aryl methyl sites for hydroxylation is 1. The van der Waals surface area contributed by atoms with Crippen LogP contribution in [0, 0.1) is 19.8 Å². The Morgan fingerprint density at radius 3 is 2.50 bits per heavy atom. The highest BCUT2D eigenvalue weighted by atomic mass is 16.4. The highest BCUT2D eigenvalue weighted by Crippen LogP contribution is 2.34. The van der Waals surface area contributed by atoms with E-state index in [4.69, 9.17) is 5.11 Å². The number of amides is 1. The van der Waals surface area contributed by atoms with Crippen molar-refractivity contribution in [2.75, 3.05) is 0 Å². The van der Waals surface area contributed by atoms with E-state index in [-0.39, 0.29) is 17.6 Å². The van der Waals surface area contributed by atoms with Gasteiger partial charge in [0.25, 0.3) is 5.91 Å². The lowest BCUT2D eigenvalue weighted by Crippen LogP contribution is -2.35. The number of carbonyl (C=O) groups excluding carboxylic acids is 1. The van der Waals surface area contributed by atoms with Gasteiger partial charge in [0.1, 0.15) is 5.69 Å². The summed E-state index contributed by atoms with van der Waals surface area (Å²) in [6.45, 7) is 5.47. The lowest BCUT2D eigenvalue weighted by molar-refractivity contribution is 0.0690. The van der Waals surface area contributed by atoms with Crippen molar-refractivity contribution in [3.63, 3.8) is 0 Å². The molecule has 1 saturated carbocycles. The van der Waals surface area contributed by atoms with Gasteiger partial charge in [-0.25, -0.2) is 4.79 Å². The molecule has 1 heterocycles. The zero-order chi connectivity index (χ0) is 14.9. The molecule has 0 radical (unpaired) electrons. The number of carboxylic acids is 1. The molecule has 1 aliphatic carbocycles. The first kappa shape index (κ1) is 14.6. The number of hydrogen-bond donors (Lipinski definition) is 3. The summed E-state index contributed by atoms with van der Waals surface area (Å²) in [7, 11) is 0. The van der Waals surface area contributed by atoms with E-state index in [2.05, 4.69) is 17.2 Å². The molecule has 110 valence electrons.